The van der Waals surface area contributed by atoms with Crippen molar-refractivity contribution in [1.82, 2.24) is 9.38 Å². The highest BCUT2D eigenvalue weighted by Gasteiger charge is 2.12. The zero-order valence-corrected chi connectivity index (χ0v) is 16.5. The van der Waals surface area contributed by atoms with E-state index < -0.39 is 5.97 Å². The third kappa shape index (κ3) is 3.70. The first-order chi connectivity index (χ1) is 14.1. The third-order valence-electron chi connectivity index (χ3n) is 4.32. The molecule has 0 aliphatic rings. The van der Waals surface area contributed by atoms with Gasteiger partial charge in [-0.15, -0.1) is 0 Å². The summed E-state index contributed by atoms with van der Waals surface area (Å²) in [6, 6.07) is 12.5. The number of rotatable bonds is 5. The monoisotopic (exact) mass is 407 g/mol. The number of hydrogen-bond acceptors (Lipinski definition) is 6. The van der Waals surface area contributed by atoms with Crippen molar-refractivity contribution >= 4 is 50.2 Å². The number of methoxy groups -OCH3 is 2. The maximum Gasteiger partial charge on any atom is 0.339 e. The van der Waals surface area contributed by atoms with Gasteiger partial charge in [0.15, 0.2) is 4.96 Å². The normalized spacial score (nSPS) is 11.2. The summed E-state index contributed by atoms with van der Waals surface area (Å²) in [7, 11) is 2.93. The summed E-state index contributed by atoms with van der Waals surface area (Å²) in [5.74, 6) is -0.0824. The van der Waals surface area contributed by atoms with E-state index in [1.807, 2.05) is 28.8 Å². The van der Waals surface area contributed by atoms with E-state index in [1.54, 1.807) is 48.8 Å². The van der Waals surface area contributed by atoms with E-state index >= 15 is 0 Å². The van der Waals surface area contributed by atoms with Gasteiger partial charge in [0.1, 0.15) is 5.75 Å². The van der Waals surface area contributed by atoms with Crippen LogP contribution in [-0.4, -0.2) is 35.5 Å². The first-order valence-corrected chi connectivity index (χ1v) is 9.53. The Morgan fingerprint density at radius 1 is 1.17 bits per heavy atom. The van der Waals surface area contributed by atoms with E-state index in [0.717, 1.165) is 20.9 Å². The number of carbonyl (C=O) groups is 2. The molecule has 7 nitrogen and oxygen atoms in total. The number of fused-ring (bicyclic) bond motifs is 3. The van der Waals surface area contributed by atoms with E-state index in [-0.39, 0.29) is 5.91 Å². The van der Waals surface area contributed by atoms with E-state index in [9.17, 15) is 9.59 Å². The highest BCUT2D eigenvalue weighted by molar-refractivity contribution is 7.23. The number of ether oxygens (including phenoxy) is 2. The molecule has 4 rings (SSSR count). The van der Waals surface area contributed by atoms with Gasteiger partial charge in [-0.2, -0.15) is 0 Å². The molecule has 1 N–H and O–H groups in total. The summed E-state index contributed by atoms with van der Waals surface area (Å²) >= 11 is 1.54. The van der Waals surface area contributed by atoms with Crippen LogP contribution in [0.5, 0.6) is 5.75 Å². The van der Waals surface area contributed by atoms with Gasteiger partial charge in [0.25, 0.3) is 0 Å². The molecule has 0 unspecified atom stereocenters. The SMILES string of the molecule is COC(=O)c1ccccc1NC(=O)C=Cc1cn2c(n1)sc1cc(OC)ccc12. The lowest BCUT2D eigenvalue weighted by molar-refractivity contribution is -0.111. The number of amides is 1. The van der Waals surface area contributed by atoms with E-state index in [2.05, 4.69) is 10.3 Å². The average molecular weight is 407 g/mol. The smallest absolute Gasteiger partial charge is 0.339 e. The van der Waals surface area contributed by atoms with Gasteiger partial charge in [0.05, 0.1) is 41.4 Å². The van der Waals surface area contributed by atoms with Crippen molar-refractivity contribution in [3.63, 3.8) is 0 Å². The Bertz CT molecular complexity index is 1260. The second kappa shape index (κ2) is 7.76. The van der Waals surface area contributed by atoms with Gasteiger partial charge in [-0.25, -0.2) is 9.78 Å². The molecule has 0 radical (unpaired) electrons. The molecule has 2 aromatic heterocycles. The van der Waals surface area contributed by atoms with Crippen LogP contribution < -0.4 is 10.1 Å². The average Bonchev–Trinajstić information content (AvgIpc) is 3.28. The van der Waals surface area contributed by atoms with E-state index in [4.69, 9.17) is 9.47 Å². The topological polar surface area (TPSA) is 81.9 Å². The van der Waals surface area contributed by atoms with Gasteiger partial charge in [0.2, 0.25) is 5.91 Å². The Hall–Kier alpha value is -3.65. The molecule has 146 valence electrons. The first-order valence-electron chi connectivity index (χ1n) is 8.71. The molecule has 0 fully saturated rings. The summed E-state index contributed by atoms with van der Waals surface area (Å²) in [4.78, 5) is 29.5. The number of para-hydroxylation sites is 1. The number of benzene rings is 2. The van der Waals surface area contributed by atoms with Crippen LogP contribution in [0, 0.1) is 0 Å². The van der Waals surface area contributed by atoms with Crippen LogP contribution in [0.1, 0.15) is 16.1 Å². The minimum absolute atomic E-state index is 0.293. The molecule has 29 heavy (non-hydrogen) atoms. The molecule has 0 saturated heterocycles. The summed E-state index contributed by atoms with van der Waals surface area (Å²) in [6.07, 6.45) is 4.88. The number of nitrogens with zero attached hydrogens (tertiary/aromatic N) is 2. The van der Waals surface area contributed by atoms with Gasteiger partial charge in [0, 0.05) is 12.3 Å². The van der Waals surface area contributed by atoms with Crippen molar-refractivity contribution in [2.45, 2.75) is 0 Å². The number of imidazole rings is 1. The molecular weight excluding hydrogens is 390 g/mol. The standard InChI is InChI=1S/C21H17N3O4S/c1-27-14-8-9-17-18(11-14)29-21-22-13(12-24(17)21)7-10-19(25)23-16-6-4-3-5-15(16)20(26)28-2/h3-12H,1-2H3,(H,23,25). The molecule has 0 spiro atoms. The molecule has 4 aromatic rings. The number of nitrogens with one attached hydrogen (secondary N) is 1. The van der Waals surface area contributed by atoms with Gasteiger partial charge < -0.3 is 14.8 Å². The lowest BCUT2D eigenvalue weighted by Crippen LogP contribution is -2.12. The summed E-state index contributed by atoms with van der Waals surface area (Å²) in [5.41, 5.74) is 2.36. The van der Waals surface area contributed by atoms with Crippen molar-refractivity contribution in [2.24, 2.45) is 0 Å². The third-order valence-corrected chi connectivity index (χ3v) is 5.33. The van der Waals surface area contributed by atoms with Crippen LogP contribution in [0.25, 0.3) is 21.3 Å². The minimum Gasteiger partial charge on any atom is -0.497 e. The Morgan fingerprint density at radius 3 is 2.79 bits per heavy atom. The molecule has 0 atom stereocenters. The Kier molecular flexibility index (Phi) is 5.01. The van der Waals surface area contributed by atoms with Gasteiger partial charge in [-0.1, -0.05) is 23.5 Å². The predicted molar refractivity (Wildman–Crippen MR) is 113 cm³/mol. The molecular formula is C21H17N3O4S. The van der Waals surface area contributed by atoms with Crippen molar-refractivity contribution in [1.29, 1.82) is 0 Å². The van der Waals surface area contributed by atoms with E-state index in [1.165, 1.54) is 13.2 Å². The molecule has 2 heterocycles. The van der Waals surface area contributed by atoms with Crippen LogP contribution in [-0.2, 0) is 9.53 Å². The highest BCUT2D eigenvalue weighted by Crippen LogP contribution is 2.29. The van der Waals surface area contributed by atoms with Crippen LogP contribution in [0.3, 0.4) is 0 Å². The zero-order valence-electron chi connectivity index (χ0n) is 15.7. The van der Waals surface area contributed by atoms with Gasteiger partial charge >= 0.3 is 5.97 Å². The summed E-state index contributed by atoms with van der Waals surface area (Å²) in [5, 5.41) is 2.69. The second-order valence-electron chi connectivity index (χ2n) is 6.11. The van der Waals surface area contributed by atoms with Crippen molar-refractivity contribution < 1.29 is 19.1 Å². The van der Waals surface area contributed by atoms with Crippen molar-refractivity contribution in [3.05, 3.63) is 66.0 Å². The second-order valence-corrected chi connectivity index (χ2v) is 7.12. The van der Waals surface area contributed by atoms with Gasteiger partial charge in [-0.3, -0.25) is 9.20 Å². The summed E-state index contributed by atoms with van der Waals surface area (Å²) in [6.45, 7) is 0. The Morgan fingerprint density at radius 2 is 2.00 bits per heavy atom. The lowest BCUT2D eigenvalue weighted by Gasteiger charge is -2.07. The van der Waals surface area contributed by atoms with E-state index in [0.29, 0.717) is 16.9 Å². The number of hydrogen-bond donors (Lipinski definition) is 1. The quantitative estimate of drug-likeness (QED) is 0.399. The molecule has 0 bridgehead atoms. The number of aromatic nitrogens is 2. The van der Waals surface area contributed by atoms with Crippen LogP contribution >= 0.6 is 11.3 Å². The fourth-order valence-corrected chi connectivity index (χ4v) is 3.96. The van der Waals surface area contributed by atoms with Crippen molar-refractivity contribution in [3.8, 4) is 5.75 Å². The molecule has 1 amide bonds. The molecule has 0 saturated carbocycles. The predicted octanol–water partition coefficient (Wildman–Crippen LogP) is 4.00. The maximum atomic E-state index is 12.3. The lowest BCUT2D eigenvalue weighted by atomic mass is 10.2. The molecule has 2 aromatic carbocycles. The fraction of sp³-hybridized carbons (Fsp3) is 0.0952. The molecule has 0 aliphatic heterocycles. The Labute approximate surface area is 170 Å². The number of thiazole rings is 1. The van der Waals surface area contributed by atoms with Crippen LogP contribution in [0.2, 0.25) is 0 Å². The largest absolute Gasteiger partial charge is 0.497 e. The highest BCUT2D eigenvalue weighted by atomic mass is 32.1. The number of esters is 1. The van der Waals surface area contributed by atoms with Crippen LogP contribution in [0.15, 0.2) is 54.7 Å². The number of anilines is 1. The van der Waals surface area contributed by atoms with Crippen molar-refractivity contribution in [2.75, 3.05) is 19.5 Å². The number of carbonyl (C=O) groups excluding carboxylic acids is 2. The zero-order chi connectivity index (χ0) is 20.4. The molecule has 8 heteroatoms. The summed E-state index contributed by atoms with van der Waals surface area (Å²) < 4.78 is 13.0. The minimum atomic E-state index is -0.511. The van der Waals surface area contributed by atoms with Gasteiger partial charge in [-0.05, 0) is 36.4 Å². The Balaban J connectivity index is 1.54. The first kappa shape index (κ1) is 18.7. The maximum absolute atomic E-state index is 12.3. The fourth-order valence-electron chi connectivity index (χ4n) is 2.92. The molecule has 0 aliphatic carbocycles. The van der Waals surface area contributed by atoms with Crippen LogP contribution in [0.4, 0.5) is 5.69 Å².